The smallest absolute Gasteiger partial charge is 0.335 e. The van der Waals surface area contributed by atoms with Crippen molar-refractivity contribution in [1.82, 2.24) is 4.90 Å². The van der Waals surface area contributed by atoms with Crippen LogP contribution in [0.5, 0.6) is 5.75 Å². The minimum atomic E-state index is -0.979. The summed E-state index contributed by atoms with van der Waals surface area (Å²) in [6.45, 7) is 4.03. The van der Waals surface area contributed by atoms with Gasteiger partial charge in [0.05, 0.1) is 17.9 Å². The summed E-state index contributed by atoms with van der Waals surface area (Å²) in [5, 5.41) is 8.83. The number of hydrogen-bond donors (Lipinski definition) is 2. The average Bonchev–Trinajstić information content (AvgIpc) is 2.89. The van der Waals surface area contributed by atoms with Gasteiger partial charge >= 0.3 is 5.97 Å². The molecule has 0 saturated carbocycles. The number of benzene rings is 1. The van der Waals surface area contributed by atoms with Crippen LogP contribution in [0.15, 0.2) is 18.2 Å². The molecule has 19 heavy (non-hydrogen) atoms. The van der Waals surface area contributed by atoms with Crippen LogP contribution in [0.25, 0.3) is 0 Å². The number of rotatable bonds is 6. The zero-order chi connectivity index (χ0) is 13.7. The molecule has 0 aromatic heterocycles. The third-order valence-corrected chi connectivity index (χ3v) is 3.33. The second kappa shape index (κ2) is 6.43. The second-order valence-electron chi connectivity index (χ2n) is 4.81. The van der Waals surface area contributed by atoms with Gasteiger partial charge in [0.25, 0.3) is 0 Å². The van der Waals surface area contributed by atoms with Crippen molar-refractivity contribution < 1.29 is 14.6 Å². The summed E-state index contributed by atoms with van der Waals surface area (Å²) < 4.78 is 5.59. The number of ether oxygens (including phenoxy) is 1. The Kier molecular flexibility index (Phi) is 4.63. The molecule has 5 nitrogen and oxygen atoms in total. The van der Waals surface area contributed by atoms with Crippen LogP contribution in [-0.2, 0) is 0 Å². The molecular weight excluding hydrogens is 244 g/mol. The number of carboxylic acids is 1. The molecule has 2 rings (SSSR count). The van der Waals surface area contributed by atoms with Crippen LogP contribution in [0.3, 0.4) is 0 Å². The van der Waals surface area contributed by atoms with Crippen LogP contribution in [0, 0.1) is 0 Å². The fourth-order valence-corrected chi connectivity index (χ4v) is 2.29. The van der Waals surface area contributed by atoms with Crippen molar-refractivity contribution >= 4 is 11.7 Å². The number of nitrogens with zero attached hydrogens (tertiary/aromatic N) is 1. The van der Waals surface area contributed by atoms with Gasteiger partial charge in [-0.15, -0.1) is 0 Å². The fourth-order valence-electron chi connectivity index (χ4n) is 2.29. The molecule has 1 aromatic carbocycles. The van der Waals surface area contributed by atoms with E-state index in [2.05, 4.69) is 4.90 Å². The van der Waals surface area contributed by atoms with Gasteiger partial charge in [-0.05, 0) is 50.6 Å². The summed E-state index contributed by atoms with van der Waals surface area (Å²) in [6.07, 6.45) is 3.55. The molecule has 104 valence electrons. The minimum absolute atomic E-state index is 0.182. The largest absolute Gasteiger partial charge is 0.491 e. The van der Waals surface area contributed by atoms with Gasteiger partial charge in [-0.25, -0.2) is 4.79 Å². The Morgan fingerprint density at radius 3 is 2.74 bits per heavy atom. The lowest BCUT2D eigenvalue weighted by Crippen LogP contribution is -2.22. The Morgan fingerprint density at radius 2 is 2.11 bits per heavy atom. The summed E-state index contributed by atoms with van der Waals surface area (Å²) in [7, 11) is 0. The number of carboxylic acid groups (broad SMARTS) is 1. The number of likely N-dealkylation sites (tertiary alicyclic amines) is 1. The van der Waals surface area contributed by atoms with E-state index >= 15 is 0 Å². The molecule has 0 amide bonds. The van der Waals surface area contributed by atoms with E-state index in [-0.39, 0.29) is 5.56 Å². The predicted octanol–water partition coefficient (Wildman–Crippen LogP) is 1.83. The molecule has 0 aliphatic carbocycles. The lowest BCUT2D eigenvalue weighted by molar-refractivity contribution is 0.0697. The molecule has 1 aromatic rings. The van der Waals surface area contributed by atoms with E-state index in [1.54, 1.807) is 6.07 Å². The van der Waals surface area contributed by atoms with Crippen molar-refractivity contribution in [1.29, 1.82) is 0 Å². The molecule has 1 saturated heterocycles. The van der Waals surface area contributed by atoms with E-state index < -0.39 is 5.97 Å². The molecule has 3 N–H and O–H groups in total. The van der Waals surface area contributed by atoms with Gasteiger partial charge in [0.1, 0.15) is 5.75 Å². The molecule has 5 heteroatoms. The first-order valence-corrected chi connectivity index (χ1v) is 6.65. The molecule has 0 radical (unpaired) electrons. The molecule has 1 aliphatic rings. The molecule has 0 bridgehead atoms. The van der Waals surface area contributed by atoms with Crippen LogP contribution in [0.2, 0.25) is 0 Å². The number of hydrogen-bond acceptors (Lipinski definition) is 4. The van der Waals surface area contributed by atoms with E-state index in [0.717, 1.165) is 13.0 Å². The maximum Gasteiger partial charge on any atom is 0.335 e. The quantitative estimate of drug-likeness (QED) is 0.605. The first-order valence-electron chi connectivity index (χ1n) is 6.65. The normalized spacial score (nSPS) is 15.6. The Morgan fingerprint density at radius 1 is 1.37 bits per heavy atom. The minimum Gasteiger partial charge on any atom is -0.491 e. The van der Waals surface area contributed by atoms with Gasteiger partial charge < -0.3 is 20.5 Å². The molecule has 1 fully saturated rings. The lowest BCUT2D eigenvalue weighted by atomic mass is 10.2. The van der Waals surface area contributed by atoms with Crippen LogP contribution >= 0.6 is 0 Å². The molecule has 1 aliphatic heterocycles. The van der Waals surface area contributed by atoms with Crippen LogP contribution in [-0.4, -0.2) is 42.2 Å². The van der Waals surface area contributed by atoms with Crippen molar-refractivity contribution in [3.8, 4) is 5.75 Å². The van der Waals surface area contributed by atoms with Gasteiger partial charge in [0.15, 0.2) is 0 Å². The fraction of sp³-hybridized carbons (Fsp3) is 0.500. The highest BCUT2D eigenvalue weighted by molar-refractivity contribution is 5.89. The maximum absolute atomic E-state index is 10.8. The molecule has 1 heterocycles. The number of nitrogen functional groups attached to an aromatic ring is 1. The SMILES string of the molecule is Nc1cc(C(=O)O)ccc1OCCCN1CCCC1. The van der Waals surface area contributed by atoms with E-state index in [4.69, 9.17) is 15.6 Å². The molecular formula is C14H20N2O3. The predicted molar refractivity (Wildman–Crippen MR) is 73.6 cm³/mol. The van der Waals surface area contributed by atoms with E-state index in [9.17, 15) is 4.79 Å². The third-order valence-electron chi connectivity index (χ3n) is 3.33. The number of nitrogens with two attached hydrogens (primary N) is 1. The Bertz CT molecular complexity index is 442. The number of carbonyl (C=O) groups is 1. The Hall–Kier alpha value is -1.75. The maximum atomic E-state index is 10.8. The highest BCUT2D eigenvalue weighted by Crippen LogP contribution is 2.22. The third kappa shape index (κ3) is 3.86. The van der Waals surface area contributed by atoms with Crippen molar-refractivity contribution in [2.45, 2.75) is 19.3 Å². The highest BCUT2D eigenvalue weighted by Gasteiger charge is 2.11. The van der Waals surface area contributed by atoms with Crippen molar-refractivity contribution in [3.05, 3.63) is 23.8 Å². The molecule has 0 spiro atoms. The van der Waals surface area contributed by atoms with Crippen LogP contribution in [0.4, 0.5) is 5.69 Å². The second-order valence-corrected chi connectivity index (χ2v) is 4.81. The first-order chi connectivity index (χ1) is 9.16. The summed E-state index contributed by atoms with van der Waals surface area (Å²) >= 11 is 0. The Balaban J connectivity index is 1.77. The number of anilines is 1. The van der Waals surface area contributed by atoms with Gasteiger partial charge in [-0.2, -0.15) is 0 Å². The zero-order valence-corrected chi connectivity index (χ0v) is 11.0. The monoisotopic (exact) mass is 264 g/mol. The van der Waals surface area contributed by atoms with E-state index in [0.29, 0.717) is 18.0 Å². The summed E-state index contributed by atoms with van der Waals surface area (Å²) in [5.74, 6) is -0.418. The average molecular weight is 264 g/mol. The van der Waals surface area contributed by atoms with Gasteiger partial charge in [0, 0.05) is 6.54 Å². The molecule has 0 atom stereocenters. The van der Waals surface area contributed by atoms with Crippen molar-refractivity contribution in [3.63, 3.8) is 0 Å². The molecule has 0 unspecified atom stereocenters. The number of aromatic carboxylic acids is 1. The zero-order valence-electron chi connectivity index (χ0n) is 11.0. The summed E-state index contributed by atoms with van der Waals surface area (Å²) in [5.41, 5.74) is 6.32. The summed E-state index contributed by atoms with van der Waals surface area (Å²) in [4.78, 5) is 13.2. The lowest BCUT2D eigenvalue weighted by Gasteiger charge is -2.15. The van der Waals surface area contributed by atoms with Crippen LogP contribution < -0.4 is 10.5 Å². The van der Waals surface area contributed by atoms with Gasteiger partial charge in [0.2, 0.25) is 0 Å². The first kappa shape index (κ1) is 13.7. The highest BCUT2D eigenvalue weighted by atomic mass is 16.5. The van der Waals surface area contributed by atoms with E-state index in [1.165, 1.54) is 38.1 Å². The standard InChI is InChI=1S/C14H20N2O3/c15-12-10-11(14(17)18)4-5-13(12)19-9-3-8-16-6-1-2-7-16/h4-5,10H,1-3,6-9,15H2,(H,17,18). The van der Waals surface area contributed by atoms with Crippen LogP contribution in [0.1, 0.15) is 29.6 Å². The summed E-state index contributed by atoms with van der Waals surface area (Å²) in [6, 6.07) is 4.56. The van der Waals surface area contributed by atoms with Gasteiger partial charge in [-0.1, -0.05) is 0 Å². The Labute approximate surface area is 113 Å². The topological polar surface area (TPSA) is 75.8 Å². The van der Waals surface area contributed by atoms with Crippen molar-refractivity contribution in [2.24, 2.45) is 0 Å². The van der Waals surface area contributed by atoms with Crippen molar-refractivity contribution in [2.75, 3.05) is 32.0 Å². The van der Waals surface area contributed by atoms with E-state index in [1.807, 2.05) is 0 Å². The van der Waals surface area contributed by atoms with Gasteiger partial charge in [-0.3, -0.25) is 0 Å².